The second-order valence-corrected chi connectivity index (χ2v) is 7.97. The molecule has 0 nitrogen and oxygen atoms in total. The second kappa shape index (κ2) is 8.14. The van der Waals surface area contributed by atoms with Crippen LogP contribution in [0.3, 0.4) is 0 Å². The van der Waals surface area contributed by atoms with Crippen molar-refractivity contribution in [1.82, 2.24) is 0 Å². The van der Waals surface area contributed by atoms with E-state index in [0.29, 0.717) is 20.1 Å². The average molecular weight is 469 g/mol. The third-order valence-corrected chi connectivity index (χ3v) is 6.28. The lowest BCUT2D eigenvalue weighted by Gasteiger charge is -2.21. The molecule has 3 aromatic carbocycles. The fraction of sp³-hybridized carbons (Fsp3) is 0.0526. The Labute approximate surface area is 180 Å². The van der Waals surface area contributed by atoms with Crippen LogP contribution in [0, 0.1) is 5.82 Å². The second-order valence-electron chi connectivity index (χ2n) is 5.58. The summed E-state index contributed by atoms with van der Waals surface area (Å²) < 4.78 is 13.4. The standard InChI is InChI=1S/C19H9Cl6F/c20-13-5-10(6-14(21)18(13)24)17(9-1-3-12(26)4-2-9)11-7-15(22)19(25)16(23)8-11/h1-8,17H. The van der Waals surface area contributed by atoms with Crippen molar-refractivity contribution in [3.8, 4) is 0 Å². The Bertz CT molecular complexity index is 865. The maximum Gasteiger partial charge on any atom is 0.123 e. The van der Waals surface area contributed by atoms with Gasteiger partial charge in [-0.25, -0.2) is 4.39 Å². The molecular weight excluding hydrogens is 460 g/mol. The molecule has 0 radical (unpaired) electrons. The van der Waals surface area contributed by atoms with E-state index >= 15 is 0 Å². The smallest absolute Gasteiger partial charge is 0.123 e. The third kappa shape index (κ3) is 4.09. The van der Waals surface area contributed by atoms with E-state index in [1.165, 1.54) is 12.1 Å². The Balaban J connectivity index is 2.25. The number of halogens is 7. The Morgan fingerprint density at radius 3 is 1.23 bits per heavy atom. The maximum atomic E-state index is 13.4. The zero-order valence-corrected chi connectivity index (χ0v) is 17.4. The maximum absolute atomic E-state index is 13.4. The van der Waals surface area contributed by atoms with Crippen LogP contribution in [-0.2, 0) is 0 Å². The predicted molar refractivity (Wildman–Crippen MR) is 110 cm³/mol. The summed E-state index contributed by atoms with van der Waals surface area (Å²) in [7, 11) is 0. The molecular formula is C19H9Cl6F. The Morgan fingerprint density at radius 2 is 0.885 bits per heavy atom. The summed E-state index contributed by atoms with van der Waals surface area (Å²) in [5.41, 5.74) is 2.31. The highest BCUT2D eigenvalue weighted by atomic mass is 35.5. The van der Waals surface area contributed by atoms with Gasteiger partial charge < -0.3 is 0 Å². The van der Waals surface area contributed by atoms with E-state index in [9.17, 15) is 4.39 Å². The highest BCUT2D eigenvalue weighted by molar-refractivity contribution is 6.48. The van der Waals surface area contributed by atoms with Gasteiger partial charge in [-0.05, 0) is 53.1 Å². The van der Waals surface area contributed by atoms with E-state index in [2.05, 4.69) is 0 Å². The molecule has 0 unspecified atom stereocenters. The van der Waals surface area contributed by atoms with Gasteiger partial charge in [0.15, 0.2) is 0 Å². The first-order valence-electron chi connectivity index (χ1n) is 7.32. The molecule has 0 aromatic heterocycles. The number of hydrogen-bond donors (Lipinski definition) is 0. The van der Waals surface area contributed by atoms with Crippen LogP contribution < -0.4 is 0 Å². The van der Waals surface area contributed by atoms with E-state index in [1.807, 2.05) is 0 Å². The van der Waals surface area contributed by atoms with Crippen molar-refractivity contribution in [3.05, 3.63) is 101 Å². The van der Waals surface area contributed by atoms with Crippen LogP contribution >= 0.6 is 69.6 Å². The molecule has 0 saturated carbocycles. The van der Waals surface area contributed by atoms with Crippen molar-refractivity contribution >= 4 is 69.6 Å². The average Bonchev–Trinajstić information content (AvgIpc) is 2.59. The molecule has 0 heterocycles. The minimum absolute atomic E-state index is 0.266. The van der Waals surface area contributed by atoms with Gasteiger partial charge in [-0.3, -0.25) is 0 Å². The molecule has 0 aliphatic carbocycles. The van der Waals surface area contributed by atoms with E-state index in [-0.39, 0.29) is 21.8 Å². The van der Waals surface area contributed by atoms with Crippen LogP contribution in [0.2, 0.25) is 30.1 Å². The molecule has 0 aliphatic rings. The molecule has 0 amide bonds. The lowest BCUT2D eigenvalue weighted by molar-refractivity contribution is 0.627. The SMILES string of the molecule is Fc1ccc(C(c2cc(Cl)c(Cl)c(Cl)c2)c2cc(Cl)c(Cl)c(Cl)c2)cc1. The van der Waals surface area contributed by atoms with Crippen molar-refractivity contribution < 1.29 is 4.39 Å². The zero-order chi connectivity index (χ0) is 19.0. The first kappa shape index (κ1) is 20.1. The van der Waals surface area contributed by atoms with Gasteiger partial charge in [0.2, 0.25) is 0 Å². The largest absolute Gasteiger partial charge is 0.207 e. The van der Waals surface area contributed by atoms with E-state index < -0.39 is 0 Å². The molecule has 0 N–H and O–H groups in total. The van der Waals surface area contributed by atoms with Crippen molar-refractivity contribution in [2.75, 3.05) is 0 Å². The Hall–Kier alpha value is -0.670. The molecule has 3 rings (SSSR count). The molecule has 3 aromatic rings. The van der Waals surface area contributed by atoms with Crippen LogP contribution in [-0.4, -0.2) is 0 Å². The van der Waals surface area contributed by atoms with Gasteiger partial charge in [-0.2, -0.15) is 0 Å². The quantitative estimate of drug-likeness (QED) is 0.266. The zero-order valence-electron chi connectivity index (χ0n) is 12.8. The normalized spacial score (nSPS) is 11.2. The summed E-state index contributed by atoms with van der Waals surface area (Å²) >= 11 is 36.9. The van der Waals surface area contributed by atoms with Crippen LogP contribution in [0.4, 0.5) is 4.39 Å². The number of rotatable bonds is 3. The van der Waals surface area contributed by atoms with Gasteiger partial charge in [0, 0.05) is 5.92 Å². The van der Waals surface area contributed by atoms with Gasteiger partial charge in [0.05, 0.1) is 30.1 Å². The number of benzene rings is 3. The lowest BCUT2D eigenvalue weighted by atomic mass is 9.85. The highest BCUT2D eigenvalue weighted by Crippen LogP contribution is 2.41. The van der Waals surface area contributed by atoms with Crippen molar-refractivity contribution in [2.24, 2.45) is 0 Å². The highest BCUT2D eigenvalue weighted by Gasteiger charge is 2.21. The molecule has 0 spiro atoms. The van der Waals surface area contributed by atoms with E-state index in [0.717, 1.165) is 16.7 Å². The van der Waals surface area contributed by atoms with Crippen molar-refractivity contribution in [1.29, 1.82) is 0 Å². The van der Waals surface area contributed by atoms with Gasteiger partial charge in [-0.15, -0.1) is 0 Å². The monoisotopic (exact) mass is 466 g/mol. The topological polar surface area (TPSA) is 0 Å². The molecule has 0 atom stereocenters. The molecule has 26 heavy (non-hydrogen) atoms. The lowest BCUT2D eigenvalue weighted by Crippen LogP contribution is -2.04. The van der Waals surface area contributed by atoms with E-state index in [1.54, 1.807) is 36.4 Å². The summed E-state index contributed by atoms with van der Waals surface area (Å²) in [5, 5.41) is 1.78. The minimum Gasteiger partial charge on any atom is -0.207 e. The summed E-state index contributed by atoms with van der Waals surface area (Å²) in [6.07, 6.45) is 0. The van der Waals surface area contributed by atoms with Gasteiger partial charge in [0.25, 0.3) is 0 Å². The van der Waals surface area contributed by atoms with Gasteiger partial charge in [0.1, 0.15) is 5.82 Å². The Kier molecular flexibility index (Phi) is 6.29. The minimum atomic E-state index is -0.352. The number of hydrogen-bond acceptors (Lipinski definition) is 0. The van der Waals surface area contributed by atoms with Crippen LogP contribution in [0.25, 0.3) is 0 Å². The fourth-order valence-electron chi connectivity index (χ4n) is 2.72. The van der Waals surface area contributed by atoms with Crippen LogP contribution in [0.1, 0.15) is 22.6 Å². The van der Waals surface area contributed by atoms with Crippen LogP contribution in [0.5, 0.6) is 0 Å². The third-order valence-electron chi connectivity index (χ3n) is 3.88. The molecule has 134 valence electrons. The van der Waals surface area contributed by atoms with Crippen molar-refractivity contribution in [3.63, 3.8) is 0 Å². The molecule has 0 fully saturated rings. The summed E-state index contributed by atoms with van der Waals surface area (Å²) in [5.74, 6) is -0.693. The molecule has 0 bridgehead atoms. The molecule has 0 aliphatic heterocycles. The fourth-order valence-corrected chi connectivity index (χ4v) is 3.94. The first-order valence-corrected chi connectivity index (χ1v) is 9.59. The van der Waals surface area contributed by atoms with Crippen molar-refractivity contribution in [2.45, 2.75) is 5.92 Å². The Morgan fingerprint density at radius 1 is 0.538 bits per heavy atom. The summed E-state index contributed by atoms with van der Waals surface area (Å²) in [4.78, 5) is 0. The van der Waals surface area contributed by atoms with Gasteiger partial charge in [-0.1, -0.05) is 81.7 Å². The molecule has 7 heteroatoms. The predicted octanol–water partition coefficient (Wildman–Crippen LogP) is 8.93. The first-order chi connectivity index (χ1) is 12.3. The molecule has 0 saturated heterocycles. The van der Waals surface area contributed by atoms with Gasteiger partial charge >= 0.3 is 0 Å². The van der Waals surface area contributed by atoms with Crippen LogP contribution in [0.15, 0.2) is 48.5 Å². The summed E-state index contributed by atoms with van der Waals surface area (Å²) in [6, 6.07) is 12.9. The summed E-state index contributed by atoms with van der Waals surface area (Å²) in [6.45, 7) is 0. The van der Waals surface area contributed by atoms with E-state index in [4.69, 9.17) is 69.6 Å².